The summed E-state index contributed by atoms with van der Waals surface area (Å²) in [5.41, 5.74) is 0. The van der Waals surface area contributed by atoms with Gasteiger partial charge >= 0.3 is 5.97 Å². The normalized spacial score (nSPS) is 17.0. The number of carboxylic acid groups (broad SMARTS) is 1. The van der Waals surface area contributed by atoms with Gasteiger partial charge in [0.1, 0.15) is 5.92 Å². The second-order valence-electron chi connectivity index (χ2n) is 4.80. The molecule has 0 unspecified atom stereocenters. The molecule has 0 aromatic heterocycles. The molecule has 0 heterocycles. The molecular weight excluding hydrogens is 279 g/mol. The molecular formula is C18H15O2P. The van der Waals surface area contributed by atoms with Crippen molar-refractivity contribution in [3.63, 3.8) is 0 Å². The Kier molecular flexibility index (Phi) is 3.98. The minimum Gasteiger partial charge on any atom is -0.481 e. The van der Waals surface area contributed by atoms with Gasteiger partial charge in [-0.05, 0) is 23.8 Å². The van der Waals surface area contributed by atoms with E-state index in [4.69, 9.17) is 0 Å². The smallest absolute Gasteiger partial charge is 0.314 e. The first-order valence-electron chi connectivity index (χ1n) is 6.79. The fourth-order valence-corrected chi connectivity index (χ4v) is 5.04. The first-order valence-corrected chi connectivity index (χ1v) is 8.13. The van der Waals surface area contributed by atoms with Crippen molar-refractivity contribution in [2.45, 2.75) is 0 Å². The van der Waals surface area contributed by atoms with Crippen molar-refractivity contribution in [2.24, 2.45) is 5.92 Å². The lowest BCUT2D eigenvalue weighted by molar-refractivity contribution is -0.138. The number of carbonyl (C=O) groups is 1. The van der Waals surface area contributed by atoms with E-state index in [-0.39, 0.29) is 0 Å². The second-order valence-corrected chi connectivity index (χ2v) is 7.02. The zero-order valence-corrected chi connectivity index (χ0v) is 12.3. The number of rotatable bonds is 4. The van der Waals surface area contributed by atoms with Crippen LogP contribution in [0.2, 0.25) is 0 Å². The van der Waals surface area contributed by atoms with Gasteiger partial charge in [0.25, 0.3) is 0 Å². The monoisotopic (exact) mass is 294 g/mol. The fraction of sp³-hybridized carbons (Fsp3) is 0.0556. The van der Waals surface area contributed by atoms with E-state index in [0.29, 0.717) is 0 Å². The van der Waals surface area contributed by atoms with E-state index < -0.39 is 19.8 Å². The maximum atomic E-state index is 11.5. The van der Waals surface area contributed by atoms with Crippen LogP contribution < -0.4 is 10.6 Å². The molecule has 1 atom stereocenters. The molecule has 3 rings (SSSR count). The lowest BCUT2D eigenvalue weighted by Crippen LogP contribution is -2.19. The summed E-state index contributed by atoms with van der Waals surface area (Å²) in [6, 6.07) is 20.3. The average molecular weight is 294 g/mol. The first kappa shape index (κ1) is 13.8. The molecule has 0 saturated heterocycles. The van der Waals surface area contributed by atoms with Crippen LogP contribution >= 0.6 is 7.92 Å². The van der Waals surface area contributed by atoms with Gasteiger partial charge in [0.05, 0.1) is 0 Å². The van der Waals surface area contributed by atoms with Crippen LogP contribution in [0.25, 0.3) is 0 Å². The maximum Gasteiger partial charge on any atom is 0.314 e. The molecule has 0 aliphatic heterocycles. The molecule has 104 valence electrons. The van der Waals surface area contributed by atoms with Gasteiger partial charge in [-0.3, -0.25) is 4.79 Å². The van der Waals surface area contributed by atoms with Crippen molar-refractivity contribution in [3.05, 3.63) is 84.2 Å². The molecule has 1 N–H and O–H groups in total. The van der Waals surface area contributed by atoms with Crippen molar-refractivity contribution >= 4 is 24.5 Å². The van der Waals surface area contributed by atoms with Gasteiger partial charge in [-0.2, -0.15) is 0 Å². The third kappa shape index (κ3) is 2.81. The third-order valence-corrected chi connectivity index (χ3v) is 6.01. The summed E-state index contributed by atoms with van der Waals surface area (Å²) in [6.07, 6.45) is 5.58. The summed E-state index contributed by atoms with van der Waals surface area (Å²) >= 11 is 0. The largest absolute Gasteiger partial charge is 0.481 e. The predicted molar refractivity (Wildman–Crippen MR) is 87.4 cm³/mol. The van der Waals surface area contributed by atoms with E-state index in [1.54, 1.807) is 6.08 Å². The van der Waals surface area contributed by atoms with E-state index in [1.165, 1.54) is 10.6 Å². The molecule has 0 spiro atoms. The van der Waals surface area contributed by atoms with Crippen LogP contribution in [-0.2, 0) is 4.79 Å². The summed E-state index contributed by atoms with van der Waals surface area (Å²) in [4.78, 5) is 11.5. The van der Waals surface area contributed by atoms with E-state index in [9.17, 15) is 9.90 Å². The van der Waals surface area contributed by atoms with Crippen LogP contribution in [0.4, 0.5) is 0 Å². The van der Waals surface area contributed by atoms with Gasteiger partial charge in [-0.25, -0.2) is 0 Å². The molecule has 0 amide bonds. The highest BCUT2D eigenvalue weighted by Crippen LogP contribution is 2.48. The van der Waals surface area contributed by atoms with Crippen LogP contribution in [-0.4, -0.2) is 11.1 Å². The predicted octanol–water partition coefficient (Wildman–Crippen LogP) is 3.27. The third-order valence-electron chi connectivity index (χ3n) is 3.44. The standard InChI is InChI=1S/C18H15O2P/c19-18(20)16-12-7-13-17(16)21(14-8-3-1-4-9-14)15-10-5-2-6-11-15/h1-13,16H,(H,19,20)/t16-/m1/s1. The van der Waals surface area contributed by atoms with Crippen LogP contribution in [0.1, 0.15) is 0 Å². The Balaban J connectivity index is 2.08. The Morgan fingerprint density at radius 1 is 0.905 bits per heavy atom. The van der Waals surface area contributed by atoms with Gasteiger partial charge in [-0.1, -0.05) is 78.9 Å². The number of aliphatic carboxylic acids is 1. The Bertz CT molecular complexity index is 650. The molecule has 0 saturated carbocycles. The molecule has 0 fully saturated rings. The highest BCUT2D eigenvalue weighted by molar-refractivity contribution is 7.76. The van der Waals surface area contributed by atoms with Crippen LogP contribution in [0.3, 0.4) is 0 Å². The summed E-state index contributed by atoms with van der Waals surface area (Å²) in [6.45, 7) is 0. The molecule has 3 heteroatoms. The SMILES string of the molecule is O=C(O)[C@@H]1C=CC=C1P(c1ccccc1)c1ccccc1. The average Bonchev–Trinajstić information content (AvgIpc) is 2.99. The second kappa shape index (κ2) is 6.07. The quantitative estimate of drug-likeness (QED) is 0.879. The number of hydrogen-bond donors (Lipinski definition) is 1. The molecule has 21 heavy (non-hydrogen) atoms. The number of hydrogen-bond acceptors (Lipinski definition) is 1. The minimum absolute atomic E-state index is 0.517. The van der Waals surface area contributed by atoms with Gasteiger partial charge < -0.3 is 5.11 Å². The first-order chi connectivity index (χ1) is 10.3. The summed E-state index contributed by atoms with van der Waals surface area (Å²) in [5, 5.41) is 12.8. The van der Waals surface area contributed by atoms with Gasteiger partial charge in [0.15, 0.2) is 0 Å². The lowest BCUT2D eigenvalue weighted by atomic mass is 10.2. The van der Waals surface area contributed by atoms with E-state index in [2.05, 4.69) is 24.3 Å². The topological polar surface area (TPSA) is 37.3 Å². The van der Waals surface area contributed by atoms with E-state index >= 15 is 0 Å². The highest BCUT2D eigenvalue weighted by atomic mass is 31.1. The molecule has 2 nitrogen and oxygen atoms in total. The van der Waals surface area contributed by atoms with Crippen LogP contribution in [0, 0.1) is 5.92 Å². The van der Waals surface area contributed by atoms with Crippen LogP contribution in [0.15, 0.2) is 84.2 Å². The Labute approximate surface area is 125 Å². The zero-order valence-electron chi connectivity index (χ0n) is 11.4. The number of benzene rings is 2. The summed E-state index contributed by atoms with van der Waals surface area (Å²) in [7, 11) is -0.806. The highest BCUT2D eigenvalue weighted by Gasteiger charge is 2.30. The summed E-state index contributed by atoms with van der Waals surface area (Å²) < 4.78 is 0. The van der Waals surface area contributed by atoms with E-state index in [0.717, 1.165) is 5.31 Å². The van der Waals surface area contributed by atoms with Crippen molar-refractivity contribution < 1.29 is 9.90 Å². The molecule has 0 radical (unpaired) electrons. The Morgan fingerprint density at radius 3 is 1.90 bits per heavy atom. The van der Waals surface area contributed by atoms with Gasteiger partial charge in [0, 0.05) is 0 Å². The van der Waals surface area contributed by atoms with Crippen LogP contribution in [0.5, 0.6) is 0 Å². The van der Waals surface area contributed by atoms with Crippen molar-refractivity contribution in [2.75, 3.05) is 0 Å². The Morgan fingerprint density at radius 2 is 1.43 bits per heavy atom. The molecule has 2 aromatic carbocycles. The molecule has 1 aliphatic rings. The molecule has 0 bridgehead atoms. The van der Waals surface area contributed by atoms with E-state index in [1.807, 2.05) is 48.6 Å². The van der Waals surface area contributed by atoms with Gasteiger partial charge in [0.2, 0.25) is 0 Å². The number of allylic oxidation sites excluding steroid dienone is 2. The van der Waals surface area contributed by atoms with Crippen molar-refractivity contribution in [1.82, 2.24) is 0 Å². The van der Waals surface area contributed by atoms with Crippen molar-refractivity contribution in [1.29, 1.82) is 0 Å². The zero-order chi connectivity index (χ0) is 14.7. The molecule has 1 aliphatic carbocycles. The van der Waals surface area contributed by atoms with Crippen molar-refractivity contribution in [3.8, 4) is 0 Å². The Hall–Kier alpha value is -2.18. The number of carboxylic acids is 1. The fourth-order valence-electron chi connectivity index (χ4n) is 2.49. The molecule has 2 aromatic rings. The van der Waals surface area contributed by atoms with Gasteiger partial charge in [-0.15, -0.1) is 0 Å². The maximum absolute atomic E-state index is 11.5. The lowest BCUT2D eigenvalue weighted by Gasteiger charge is -2.23. The minimum atomic E-state index is -0.806. The summed E-state index contributed by atoms with van der Waals surface area (Å²) in [5.74, 6) is -1.30.